The van der Waals surface area contributed by atoms with Gasteiger partial charge in [-0.1, -0.05) is 6.42 Å². The number of carbonyl (C=O) groups excluding carboxylic acids is 1. The largest absolute Gasteiger partial charge is 0.373 e. The monoisotopic (exact) mass is 290 g/mol. The molecule has 1 aromatic rings. The molecule has 1 aromatic heterocycles. The van der Waals surface area contributed by atoms with Gasteiger partial charge in [-0.15, -0.1) is 0 Å². The molecule has 2 aliphatic heterocycles. The highest BCUT2D eigenvalue weighted by molar-refractivity contribution is 5.88. The van der Waals surface area contributed by atoms with E-state index in [1.807, 2.05) is 13.1 Å². The smallest absolute Gasteiger partial charge is 0.320 e. The van der Waals surface area contributed by atoms with Crippen LogP contribution in [-0.4, -0.2) is 34.1 Å². The number of aryl methyl sites for hydroxylation is 1. The summed E-state index contributed by atoms with van der Waals surface area (Å²) < 4.78 is 7.51. The summed E-state index contributed by atoms with van der Waals surface area (Å²) in [5, 5.41) is 10.5. The van der Waals surface area contributed by atoms with Crippen LogP contribution in [0, 0.1) is 0 Å². The second-order valence-corrected chi connectivity index (χ2v) is 6.52. The van der Waals surface area contributed by atoms with E-state index in [0.717, 1.165) is 30.8 Å². The Morgan fingerprint density at radius 3 is 2.86 bits per heavy atom. The number of anilines is 1. The molecular weight excluding hydrogens is 268 g/mol. The van der Waals surface area contributed by atoms with E-state index < -0.39 is 0 Å². The van der Waals surface area contributed by atoms with E-state index in [1.165, 1.54) is 19.3 Å². The van der Waals surface area contributed by atoms with Crippen LogP contribution in [0.15, 0.2) is 6.07 Å². The summed E-state index contributed by atoms with van der Waals surface area (Å²) in [6, 6.07) is 2.00. The van der Waals surface area contributed by atoms with E-state index in [0.29, 0.717) is 12.0 Å². The van der Waals surface area contributed by atoms with Crippen molar-refractivity contribution in [3.05, 3.63) is 11.8 Å². The fourth-order valence-electron chi connectivity index (χ4n) is 3.62. The maximum absolute atomic E-state index is 12.1. The second kappa shape index (κ2) is 5.02. The molecule has 3 unspecified atom stereocenters. The van der Waals surface area contributed by atoms with Crippen LogP contribution < -0.4 is 10.6 Å². The average Bonchev–Trinajstić information content (AvgIpc) is 3.04. The van der Waals surface area contributed by atoms with Gasteiger partial charge in [0.2, 0.25) is 0 Å². The van der Waals surface area contributed by atoms with Gasteiger partial charge in [0.05, 0.1) is 23.9 Å². The van der Waals surface area contributed by atoms with Crippen molar-refractivity contribution in [3.63, 3.8) is 0 Å². The number of rotatable bonds is 3. The number of nitrogens with zero attached hydrogens (tertiary/aromatic N) is 2. The Balaban J connectivity index is 1.36. The molecule has 4 rings (SSSR count). The number of amides is 2. The molecule has 0 radical (unpaired) electrons. The molecule has 2 N–H and O–H groups in total. The number of urea groups is 1. The molecule has 21 heavy (non-hydrogen) atoms. The Morgan fingerprint density at radius 2 is 2.24 bits per heavy atom. The normalized spacial score (nSPS) is 31.2. The zero-order chi connectivity index (χ0) is 14.4. The number of carbonyl (C=O) groups is 1. The van der Waals surface area contributed by atoms with Gasteiger partial charge in [0, 0.05) is 19.0 Å². The first-order valence-corrected chi connectivity index (χ1v) is 7.96. The molecule has 6 nitrogen and oxygen atoms in total. The minimum atomic E-state index is -0.153. The van der Waals surface area contributed by atoms with Crippen molar-refractivity contribution in [3.8, 4) is 0 Å². The molecule has 2 saturated heterocycles. The third-order valence-corrected chi connectivity index (χ3v) is 5.09. The van der Waals surface area contributed by atoms with Gasteiger partial charge in [0.1, 0.15) is 5.82 Å². The van der Waals surface area contributed by atoms with Crippen molar-refractivity contribution >= 4 is 11.8 Å². The van der Waals surface area contributed by atoms with Gasteiger partial charge in [-0.05, 0) is 32.1 Å². The molecule has 3 atom stereocenters. The number of aromatic nitrogens is 2. The Kier molecular flexibility index (Phi) is 3.14. The summed E-state index contributed by atoms with van der Waals surface area (Å²) in [5.74, 6) is 1.34. The Labute approximate surface area is 124 Å². The van der Waals surface area contributed by atoms with E-state index in [2.05, 4.69) is 15.7 Å². The third kappa shape index (κ3) is 2.41. The van der Waals surface area contributed by atoms with Crippen molar-refractivity contribution < 1.29 is 9.53 Å². The van der Waals surface area contributed by atoms with Crippen LogP contribution in [0.5, 0.6) is 0 Å². The summed E-state index contributed by atoms with van der Waals surface area (Å²) in [4.78, 5) is 12.1. The molecule has 2 bridgehead atoms. The van der Waals surface area contributed by atoms with Crippen molar-refractivity contribution in [2.45, 2.75) is 62.7 Å². The molecule has 0 aromatic carbocycles. The summed E-state index contributed by atoms with van der Waals surface area (Å²) in [6.07, 6.45) is 7.41. The molecule has 1 saturated carbocycles. The molecule has 2 amide bonds. The lowest BCUT2D eigenvalue weighted by Crippen LogP contribution is -2.43. The minimum absolute atomic E-state index is 0.153. The van der Waals surface area contributed by atoms with E-state index in [9.17, 15) is 4.79 Å². The zero-order valence-corrected chi connectivity index (χ0v) is 12.3. The highest BCUT2D eigenvalue weighted by Crippen LogP contribution is 2.36. The minimum Gasteiger partial charge on any atom is -0.373 e. The second-order valence-electron chi connectivity index (χ2n) is 6.52. The highest BCUT2D eigenvalue weighted by atomic mass is 16.5. The molecule has 3 heterocycles. The predicted molar refractivity (Wildman–Crippen MR) is 78.3 cm³/mol. The number of hydrogen-bond acceptors (Lipinski definition) is 3. The van der Waals surface area contributed by atoms with Crippen LogP contribution in [0.25, 0.3) is 0 Å². The Bertz CT molecular complexity index is 552. The Morgan fingerprint density at radius 1 is 1.38 bits per heavy atom. The molecule has 1 aliphatic carbocycles. The van der Waals surface area contributed by atoms with Crippen LogP contribution in [0.1, 0.15) is 50.1 Å². The lowest BCUT2D eigenvalue weighted by atomic mass is 9.83. The van der Waals surface area contributed by atoms with Crippen LogP contribution in [0.2, 0.25) is 0 Å². The van der Waals surface area contributed by atoms with Gasteiger partial charge in [-0.2, -0.15) is 5.10 Å². The molecular formula is C15H22N4O2. The molecule has 114 valence electrons. The topological polar surface area (TPSA) is 68.2 Å². The van der Waals surface area contributed by atoms with Crippen molar-refractivity contribution in [2.75, 3.05) is 5.32 Å². The van der Waals surface area contributed by atoms with Gasteiger partial charge in [-0.25, -0.2) is 4.79 Å². The van der Waals surface area contributed by atoms with Crippen molar-refractivity contribution in [1.82, 2.24) is 15.1 Å². The molecule has 0 spiro atoms. The van der Waals surface area contributed by atoms with E-state index in [1.54, 1.807) is 4.68 Å². The number of nitrogens with one attached hydrogen (secondary N) is 2. The lowest BCUT2D eigenvalue weighted by molar-refractivity contribution is 0.0984. The number of ether oxygens (including phenoxy) is 1. The van der Waals surface area contributed by atoms with Crippen molar-refractivity contribution in [2.24, 2.45) is 7.05 Å². The standard InChI is InChI=1S/C15H22N4O2/c1-19-14(8-11(18-19)9-3-2-4-9)17-15(20)16-12-7-10-5-6-13(12)21-10/h8-10,12-13H,2-7H2,1H3,(H2,16,17,20). The summed E-state index contributed by atoms with van der Waals surface area (Å²) >= 11 is 0. The average molecular weight is 290 g/mol. The summed E-state index contributed by atoms with van der Waals surface area (Å²) in [6.45, 7) is 0. The zero-order valence-electron chi connectivity index (χ0n) is 12.3. The van der Waals surface area contributed by atoms with Crippen LogP contribution >= 0.6 is 0 Å². The van der Waals surface area contributed by atoms with Gasteiger partial charge >= 0.3 is 6.03 Å². The maximum atomic E-state index is 12.1. The predicted octanol–water partition coefficient (Wildman–Crippen LogP) is 2.13. The first-order valence-electron chi connectivity index (χ1n) is 7.96. The molecule has 6 heteroatoms. The summed E-state index contributed by atoms with van der Waals surface area (Å²) in [7, 11) is 1.87. The lowest BCUT2D eigenvalue weighted by Gasteiger charge is -2.22. The molecule has 3 fully saturated rings. The first-order chi connectivity index (χ1) is 10.2. The highest BCUT2D eigenvalue weighted by Gasteiger charge is 2.41. The van der Waals surface area contributed by atoms with Gasteiger partial charge in [0.15, 0.2) is 0 Å². The number of hydrogen-bond donors (Lipinski definition) is 2. The van der Waals surface area contributed by atoms with E-state index >= 15 is 0 Å². The summed E-state index contributed by atoms with van der Waals surface area (Å²) in [5.41, 5.74) is 1.10. The third-order valence-electron chi connectivity index (χ3n) is 5.09. The molecule has 3 aliphatic rings. The fourth-order valence-corrected chi connectivity index (χ4v) is 3.62. The fraction of sp³-hybridized carbons (Fsp3) is 0.733. The van der Waals surface area contributed by atoms with Crippen LogP contribution in [-0.2, 0) is 11.8 Å². The van der Waals surface area contributed by atoms with E-state index in [-0.39, 0.29) is 18.2 Å². The van der Waals surface area contributed by atoms with E-state index in [4.69, 9.17) is 4.74 Å². The quantitative estimate of drug-likeness (QED) is 0.896. The van der Waals surface area contributed by atoms with Gasteiger partial charge < -0.3 is 10.1 Å². The van der Waals surface area contributed by atoms with Crippen LogP contribution in [0.4, 0.5) is 10.6 Å². The number of fused-ring (bicyclic) bond motifs is 2. The van der Waals surface area contributed by atoms with Gasteiger partial charge in [0.25, 0.3) is 0 Å². The van der Waals surface area contributed by atoms with Crippen LogP contribution in [0.3, 0.4) is 0 Å². The first kappa shape index (κ1) is 13.1. The van der Waals surface area contributed by atoms with Gasteiger partial charge in [-0.3, -0.25) is 10.00 Å². The maximum Gasteiger partial charge on any atom is 0.320 e. The Hall–Kier alpha value is -1.56. The SMILES string of the molecule is Cn1nc(C2CCC2)cc1NC(=O)NC1CC2CCC1O2. The van der Waals surface area contributed by atoms with Crippen molar-refractivity contribution in [1.29, 1.82) is 0 Å².